The molecule has 1 aliphatic heterocycles. The Bertz CT molecular complexity index is 556. The van der Waals surface area contributed by atoms with Crippen molar-refractivity contribution in [1.82, 2.24) is 0 Å². The molecule has 1 unspecified atom stereocenters. The van der Waals surface area contributed by atoms with Crippen LogP contribution in [0.15, 0.2) is 18.2 Å². The maximum atomic E-state index is 12.5. The summed E-state index contributed by atoms with van der Waals surface area (Å²) < 4.78 is 0. The quantitative estimate of drug-likeness (QED) is 0.848. The molecule has 19 heavy (non-hydrogen) atoms. The molecule has 0 radical (unpaired) electrons. The van der Waals surface area contributed by atoms with E-state index in [9.17, 15) is 14.7 Å². The molecule has 1 atom stereocenters. The Morgan fingerprint density at radius 2 is 2.00 bits per heavy atom. The van der Waals surface area contributed by atoms with Gasteiger partial charge in [0.25, 0.3) is 0 Å². The predicted molar refractivity (Wildman–Crippen MR) is 73.2 cm³/mol. The molecule has 0 aromatic heterocycles. The molecule has 1 aliphatic rings. The van der Waals surface area contributed by atoms with Gasteiger partial charge in [0, 0.05) is 12.5 Å². The van der Waals surface area contributed by atoms with E-state index in [1.165, 1.54) is 18.2 Å². The third-order valence-corrected chi connectivity index (χ3v) is 4.21. The number of phenolic OH excluding ortho intramolecular Hbond substituents is 1. The van der Waals surface area contributed by atoms with E-state index in [2.05, 4.69) is 0 Å². The summed E-state index contributed by atoms with van der Waals surface area (Å²) >= 11 is 6.01. The minimum absolute atomic E-state index is 0.000494. The first-order valence-electron chi connectivity index (χ1n) is 6.13. The van der Waals surface area contributed by atoms with Crippen LogP contribution in [0.25, 0.3) is 0 Å². The lowest BCUT2D eigenvalue weighted by Gasteiger charge is -2.26. The van der Waals surface area contributed by atoms with Crippen molar-refractivity contribution < 1.29 is 14.7 Å². The van der Waals surface area contributed by atoms with Crippen molar-refractivity contribution in [3.8, 4) is 5.75 Å². The Hall–Kier alpha value is -1.55. The van der Waals surface area contributed by atoms with Crippen LogP contribution < -0.4 is 4.90 Å². The number of hydrogen-bond donors (Lipinski definition) is 1. The predicted octanol–water partition coefficient (Wildman–Crippen LogP) is 2.97. The fraction of sp³-hybridized carbons (Fsp3) is 0.429. The first-order chi connectivity index (χ1) is 8.77. The summed E-state index contributed by atoms with van der Waals surface area (Å²) in [6, 6.07) is 4.22. The van der Waals surface area contributed by atoms with Gasteiger partial charge in [-0.25, -0.2) is 4.90 Å². The normalized spacial score (nSPS) is 23.5. The number of phenols is 1. The standard InChI is InChI=1S/C14H16ClNO3/c1-8(2)14(3)7-12(18)16(13(14)19)11-5-4-9(17)6-10(11)15/h4-6,8,17H,7H2,1-3H3. The molecule has 0 bridgehead atoms. The Balaban J connectivity index is 2.46. The van der Waals surface area contributed by atoms with Gasteiger partial charge in [-0.2, -0.15) is 0 Å². The first kappa shape index (κ1) is 13.9. The molecule has 2 rings (SSSR count). The maximum Gasteiger partial charge on any atom is 0.240 e. The summed E-state index contributed by atoms with van der Waals surface area (Å²) in [5.41, 5.74) is -0.364. The number of rotatable bonds is 2. The zero-order chi connectivity index (χ0) is 14.4. The van der Waals surface area contributed by atoms with Crippen molar-refractivity contribution >= 4 is 29.1 Å². The summed E-state index contributed by atoms with van der Waals surface area (Å²) in [5, 5.41) is 9.52. The summed E-state index contributed by atoms with van der Waals surface area (Å²) in [6.45, 7) is 5.65. The maximum absolute atomic E-state index is 12.5. The first-order valence-corrected chi connectivity index (χ1v) is 6.51. The number of anilines is 1. The summed E-state index contributed by atoms with van der Waals surface area (Å²) in [7, 11) is 0. The highest BCUT2D eigenvalue weighted by Crippen LogP contribution is 2.43. The van der Waals surface area contributed by atoms with Crippen LogP contribution in [-0.4, -0.2) is 16.9 Å². The highest BCUT2D eigenvalue weighted by molar-refractivity contribution is 6.36. The number of carbonyl (C=O) groups excluding carboxylic acids is 2. The summed E-state index contributed by atoms with van der Waals surface area (Å²) in [5.74, 6) is -0.432. The summed E-state index contributed by atoms with van der Waals surface area (Å²) in [4.78, 5) is 25.8. The molecule has 5 heteroatoms. The lowest BCUT2D eigenvalue weighted by molar-refractivity contribution is -0.126. The zero-order valence-corrected chi connectivity index (χ0v) is 11.9. The third-order valence-electron chi connectivity index (χ3n) is 3.91. The lowest BCUT2D eigenvalue weighted by atomic mass is 9.78. The molecule has 1 aromatic rings. The van der Waals surface area contributed by atoms with Gasteiger partial charge in [-0.15, -0.1) is 0 Å². The molecule has 2 amide bonds. The van der Waals surface area contributed by atoms with Crippen LogP contribution in [0, 0.1) is 11.3 Å². The average Bonchev–Trinajstić information content (AvgIpc) is 2.53. The SMILES string of the molecule is CC(C)C1(C)CC(=O)N(c2ccc(O)cc2Cl)C1=O. The van der Waals surface area contributed by atoms with E-state index in [1.54, 1.807) is 6.92 Å². The van der Waals surface area contributed by atoms with Crippen molar-refractivity contribution in [2.24, 2.45) is 11.3 Å². The molecule has 1 heterocycles. The molecule has 0 spiro atoms. The van der Waals surface area contributed by atoms with Gasteiger partial charge in [0.05, 0.1) is 16.1 Å². The number of halogens is 1. The molecule has 0 aliphatic carbocycles. The molecular formula is C14H16ClNO3. The fourth-order valence-corrected chi connectivity index (χ4v) is 2.47. The van der Waals surface area contributed by atoms with Gasteiger partial charge in [-0.05, 0) is 25.0 Å². The number of aromatic hydroxyl groups is 1. The second kappa shape index (κ2) is 4.53. The Morgan fingerprint density at radius 1 is 1.37 bits per heavy atom. The van der Waals surface area contributed by atoms with Crippen LogP contribution in [-0.2, 0) is 9.59 Å². The van der Waals surface area contributed by atoms with Crippen molar-refractivity contribution in [3.63, 3.8) is 0 Å². The van der Waals surface area contributed by atoms with E-state index in [4.69, 9.17) is 11.6 Å². The molecule has 1 aromatic carbocycles. The van der Waals surface area contributed by atoms with E-state index in [-0.39, 0.29) is 34.9 Å². The minimum Gasteiger partial charge on any atom is -0.508 e. The number of hydrogen-bond acceptors (Lipinski definition) is 3. The Labute approximate surface area is 117 Å². The van der Waals surface area contributed by atoms with E-state index < -0.39 is 5.41 Å². The fourth-order valence-electron chi connectivity index (χ4n) is 2.21. The highest BCUT2D eigenvalue weighted by atomic mass is 35.5. The highest BCUT2D eigenvalue weighted by Gasteiger charge is 2.50. The number of benzene rings is 1. The van der Waals surface area contributed by atoms with E-state index in [0.29, 0.717) is 5.69 Å². The Kier molecular flexibility index (Phi) is 3.31. The second-order valence-corrected chi connectivity index (χ2v) is 5.83. The van der Waals surface area contributed by atoms with Crippen LogP contribution in [0.3, 0.4) is 0 Å². The number of nitrogens with zero attached hydrogens (tertiary/aromatic N) is 1. The van der Waals surface area contributed by atoms with Crippen LogP contribution in [0.2, 0.25) is 5.02 Å². The van der Waals surface area contributed by atoms with Crippen molar-refractivity contribution in [1.29, 1.82) is 0 Å². The van der Waals surface area contributed by atoms with Crippen LogP contribution in [0.5, 0.6) is 5.75 Å². The number of imide groups is 1. The number of amides is 2. The zero-order valence-electron chi connectivity index (χ0n) is 11.1. The molecule has 4 nitrogen and oxygen atoms in total. The molecule has 0 saturated carbocycles. The topological polar surface area (TPSA) is 57.6 Å². The van der Waals surface area contributed by atoms with Crippen molar-refractivity contribution in [3.05, 3.63) is 23.2 Å². The van der Waals surface area contributed by atoms with Gasteiger partial charge >= 0.3 is 0 Å². The molecule has 1 fully saturated rings. The minimum atomic E-state index is -0.696. The number of carbonyl (C=O) groups is 2. The van der Waals surface area contributed by atoms with E-state index in [1.807, 2.05) is 13.8 Å². The third kappa shape index (κ3) is 2.10. The largest absolute Gasteiger partial charge is 0.508 e. The van der Waals surface area contributed by atoms with Gasteiger partial charge < -0.3 is 5.11 Å². The molecule has 102 valence electrons. The summed E-state index contributed by atoms with van der Waals surface area (Å²) in [6.07, 6.45) is 0.181. The van der Waals surface area contributed by atoms with E-state index >= 15 is 0 Å². The monoisotopic (exact) mass is 281 g/mol. The lowest BCUT2D eigenvalue weighted by Crippen LogP contribution is -2.37. The van der Waals surface area contributed by atoms with Gasteiger partial charge in [0.1, 0.15) is 5.75 Å². The smallest absolute Gasteiger partial charge is 0.240 e. The van der Waals surface area contributed by atoms with Crippen LogP contribution in [0.4, 0.5) is 5.69 Å². The molecule has 1 N–H and O–H groups in total. The molecular weight excluding hydrogens is 266 g/mol. The van der Waals surface area contributed by atoms with Gasteiger partial charge in [0.2, 0.25) is 11.8 Å². The van der Waals surface area contributed by atoms with Gasteiger partial charge in [0.15, 0.2) is 0 Å². The Morgan fingerprint density at radius 3 is 2.47 bits per heavy atom. The second-order valence-electron chi connectivity index (χ2n) is 5.42. The van der Waals surface area contributed by atoms with E-state index in [0.717, 1.165) is 4.90 Å². The van der Waals surface area contributed by atoms with Gasteiger partial charge in [-0.3, -0.25) is 9.59 Å². The van der Waals surface area contributed by atoms with Crippen LogP contribution >= 0.6 is 11.6 Å². The molecule has 1 saturated heterocycles. The van der Waals surface area contributed by atoms with Gasteiger partial charge in [-0.1, -0.05) is 25.4 Å². The van der Waals surface area contributed by atoms with Crippen LogP contribution in [0.1, 0.15) is 27.2 Å². The van der Waals surface area contributed by atoms with Crippen molar-refractivity contribution in [2.75, 3.05) is 4.90 Å². The van der Waals surface area contributed by atoms with Crippen molar-refractivity contribution in [2.45, 2.75) is 27.2 Å². The average molecular weight is 282 g/mol.